The summed E-state index contributed by atoms with van der Waals surface area (Å²) in [6, 6.07) is 18.6. The maximum absolute atomic E-state index is 13.4. The summed E-state index contributed by atoms with van der Waals surface area (Å²) in [5.41, 5.74) is 5.42. The van der Waals surface area contributed by atoms with Crippen LogP contribution in [0.15, 0.2) is 60.7 Å². The van der Waals surface area contributed by atoms with Crippen LogP contribution in [0.2, 0.25) is 0 Å². The molecule has 0 fully saturated rings. The van der Waals surface area contributed by atoms with Crippen LogP contribution in [0.1, 0.15) is 31.4 Å². The number of nitrogens with zero attached hydrogens (tertiary/aromatic N) is 2. The molecule has 0 unspecified atom stereocenters. The van der Waals surface area contributed by atoms with E-state index in [2.05, 4.69) is 28.9 Å². The molecule has 1 amide bonds. The molecule has 0 aliphatic rings. The smallest absolute Gasteiger partial charge is 0.248 e. The number of hydrogen-bond donors (Lipinski definition) is 1. The number of nitrogens with one attached hydrogen (secondary N) is 1. The Morgan fingerprint density at radius 2 is 1.65 bits per heavy atom. The van der Waals surface area contributed by atoms with Crippen LogP contribution in [0.5, 0.6) is 0 Å². The number of para-hydroxylation sites is 1. The van der Waals surface area contributed by atoms with Gasteiger partial charge in [-0.3, -0.25) is 9.10 Å². The van der Waals surface area contributed by atoms with Gasteiger partial charge in [0.25, 0.3) is 0 Å². The molecule has 1 heterocycles. The van der Waals surface area contributed by atoms with Gasteiger partial charge in [0.2, 0.25) is 15.9 Å². The number of benzene rings is 3. The molecular weight excluding hydrogens is 446 g/mol. The zero-order valence-corrected chi connectivity index (χ0v) is 21.1. The van der Waals surface area contributed by atoms with E-state index in [1.807, 2.05) is 63.2 Å². The van der Waals surface area contributed by atoms with Crippen LogP contribution >= 0.6 is 0 Å². The molecule has 0 aliphatic heterocycles. The lowest BCUT2D eigenvalue weighted by atomic mass is 10.1. The monoisotopic (exact) mass is 477 g/mol. The van der Waals surface area contributed by atoms with Crippen molar-refractivity contribution in [3.8, 4) is 0 Å². The number of hydrogen-bond acceptors (Lipinski definition) is 3. The van der Waals surface area contributed by atoms with E-state index in [9.17, 15) is 13.2 Å². The van der Waals surface area contributed by atoms with Crippen LogP contribution in [-0.2, 0) is 21.4 Å². The van der Waals surface area contributed by atoms with Crippen LogP contribution in [0.4, 0.5) is 11.4 Å². The molecule has 6 nitrogen and oxygen atoms in total. The maximum Gasteiger partial charge on any atom is 0.248 e. The van der Waals surface area contributed by atoms with Crippen molar-refractivity contribution >= 4 is 49.1 Å². The minimum Gasteiger partial charge on any atom is -0.341 e. The summed E-state index contributed by atoms with van der Waals surface area (Å²) in [6.45, 7) is 8.68. The first-order valence-electron chi connectivity index (χ1n) is 11.5. The molecule has 3 aromatic carbocycles. The molecule has 4 rings (SSSR count). The predicted molar refractivity (Wildman–Crippen MR) is 141 cm³/mol. The van der Waals surface area contributed by atoms with Crippen LogP contribution in [0.3, 0.4) is 0 Å². The summed E-state index contributed by atoms with van der Waals surface area (Å²) in [5.74, 6) is -0.357. The molecule has 0 spiro atoms. The third-order valence-electron chi connectivity index (χ3n) is 6.43. The number of fused-ring (bicyclic) bond motifs is 3. The number of rotatable bonds is 7. The number of carbonyl (C=O) groups is 1. The molecule has 0 radical (unpaired) electrons. The van der Waals surface area contributed by atoms with Gasteiger partial charge in [0.1, 0.15) is 6.04 Å². The molecule has 1 atom stereocenters. The predicted octanol–water partition coefficient (Wildman–Crippen LogP) is 5.61. The van der Waals surface area contributed by atoms with Crippen molar-refractivity contribution in [2.24, 2.45) is 0 Å². The molecule has 0 saturated carbocycles. The summed E-state index contributed by atoms with van der Waals surface area (Å²) >= 11 is 0. The van der Waals surface area contributed by atoms with E-state index in [1.165, 1.54) is 4.31 Å². The lowest BCUT2D eigenvalue weighted by Crippen LogP contribution is -2.47. The van der Waals surface area contributed by atoms with E-state index < -0.39 is 16.1 Å². The maximum atomic E-state index is 13.4. The van der Waals surface area contributed by atoms with Gasteiger partial charge >= 0.3 is 0 Å². The van der Waals surface area contributed by atoms with Crippen LogP contribution < -0.4 is 9.62 Å². The van der Waals surface area contributed by atoms with Gasteiger partial charge in [-0.15, -0.1) is 0 Å². The number of aryl methyl sites for hydroxylation is 3. The Labute approximate surface area is 201 Å². The van der Waals surface area contributed by atoms with Gasteiger partial charge in [-0.25, -0.2) is 8.42 Å². The number of aromatic nitrogens is 1. The fourth-order valence-corrected chi connectivity index (χ4v) is 5.82. The molecule has 0 saturated heterocycles. The standard InChI is InChI=1S/C27H31N3O3S/c1-6-24(30(34(5,32)33)21-14-12-18(3)19(4)16-21)27(31)28-20-13-15-26-23(17-20)22-10-8-9-11-25(22)29(26)7-2/h8-17,24H,6-7H2,1-5H3,(H,28,31)/t24-/m1/s1. The highest BCUT2D eigenvalue weighted by Crippen LogP contribution is 2.31. The molecule has 4 aromatic rings. The summed E-state index contributed by atoms with van der Waals surface area (Å²) < 4.78 is 29.0. The number of carbonyl (C=O) groups excluding carboxylic acids is 1. The number of amides is 1. The lowest BCUT2D eigenvalue weighted by Gasteiger charge is -2.30. The zero-order chi connectivity index (χ0) is 24.6. The molecule has 178 valence electrons. The summed E-state index contributed by atoms with van der Waals surface area (Å²) in [4.78, 5) is 13.4. The van der Waals surface area contributed by atoms with Gasteiger partial charge in [-0.1, -0.05) is 31.2 Å². The summed E-state index contributed by atoms with van der Waals surface area (Å²) in [6.07, 6.45) is 1.48. The Balaban J connectivity index is 1.72. The minimum absolute atomic E-state index is 0.337. The fraction of sp³-hybridized carbons (Fsp3) is 0.296. The Hall–Kier alpha value is -3.32. The Bertz CT molecular complexity index is 1490. The third-order valence-corrected chi connectivity index (χ3v) is 7.61. The quantitative estimate of drug-likeness (QED) is 0.376. The number of anilines is 2. The van der Waals surface area contributed by atoms with Crippen molar-refractivity contribution in [1.29, 1.82) is 0 Å². The number of sulfonamides is 1. The van der Waals surface area contributed by atoms with E-state index in [0.717, 1.165) is 45.7 Å². The largest absolute Gasteiger partial charge is 0.341 e. The topological polar surface area (TPSA) is 71.4 Å². The Kier molecular flexibility index (Phi) is 6.41. The molecule has 0 bridgehead atoms. The second-order valence-corrected chi connectivity index (χ2v) is 10.6. The van der Waals surface area contributed by atoms with Gasteiger partial charge in [0.05, 0.1) is 11.9 Å². The van der Waals surface area contributed by atoms with Crippen molar-refractivity contribution < 1.29 is 13.2 Å². The second kappa shape index (κ2) is 9.14. The Morgan fingerprint density at radius 3 is 2.29 bits per heavy atom. The highest BCUT2D eigenvalue weighted by Gasteiger charge is 2.31. The van der Waals surface area contributed by atoms with E-state index in [4.69, 9.17) is 0 Å². The molecule has 34 heavy (non-hydrogen) atoms. The third kappa shape index (κ3) is 4.28. The van der Waals surface area contributed by atoms with Crippen LogP contribution in [0, 0.1) is 13.8 Å². The molecule has 7 heteroatoms. The van der Waals surface area contributed by atoms with E-state index in [-0.39, 0.29) is 5.91 Å². The summed E-state index contributed by atoms with van der Waals surface area (Å²) in [7, 11) is -3.69. The highest BCUT2D eigenvalue weighted by molar-refractivity contribution is 7.92. The first-order chi connectivity index (χ1) is 16.2. The Morgan fingerprint density at radius 1 is 0.941 bits per heavy atom. The van der Waals surface area contributed by atoms with Crippen molar-refractivity contribution in [3.63, 3.8) is 0 Å². The van der Waals surface area contributed by atoms with Crippen molar-refractivity contribution in [2.75, 3.05) is 15.9 Å². The first kappa shape index (κ1) is 23.8. The van der Waals surface area contributed by atoms with Crippen molar-refractivity contribution in [1.82, 2.24) is 4.57 Å². The second-order valence-electron chi connectivity index (χ2n) is 8.73. The van der Waals surface area contributed by atoms with Crippen LogP contribution in [-0.4, -0.2) is 31.2 Å². The van der Waals surface area contributed by atoms with Crippen molar-refractivity contribution in [2.45, 2.75) is 46.7 Å². The lowest BCUT2D eigenvalue weighted by molar-refractivity contribution is -0.117. The van der Waals surface area contributed by atoms with Gasteiger partial charge in [-0.2, -0.15) is 0 Å². The molecule has 0 aliphatic carbocycles. The van der Waals surface area contributed by atoms with E-state index in [1.54, 1.807) is 6.07 Å². The summed E-state index contributed by atoms with van der Waals surface area (Å²) in [5, 5.41) is 5.14. The van der Waals surface area contributed by atoms with E-state index >= 15 is 0 Å². The highest BCUT2D eigenvalue weighted by atomic mass is 32.2. The minimum atomic E-state index is -3.69. The average molecular weight is 478 g/mol. The first-order valence-corrected chi connectivity index (χ1v) is 13.4. The molecule has 1 N–H and O–H groups in total. The van der Waals surface area contributed by atoms with Gasteiger partial charge < -0.3 is 9.88 Å². The average Bonchev–Trinajstić information content (AvgIpc) is 3.11. The normalized spacial score (nSPS) is 12.7. The van der Waals surface area contributed by atoms with Crippen LogP contribution in [0.25, 0.3) is 21.8 Å². The van der Waals surface area contributed by atoms with E-state index in [0.29, 0.717) is 17.8 Å². The van der Waals surface area contributed by atoms with Gasteiger partial charge in [0.15, 0.2) is 0 Å². The molecular formula is C27H31N3O3S. The van der Waals surface area contributed by atoms with Gasteiger partial charge in [0, 0.05) is 34.0 Å². The zero-order valence-electron chi connectivity index (χ0n) is 20.3. The van der Waals surface area contributed by atoms with Crippen molar-refractivity contribution in [3.05, 3.63) is 71.8 Å². The SMILES string of the molecule is CC[C@H](C(=O)Nc1ccc2c(c1)c1ccccc1n2CC)N(c1ccc(C)c(C)c1)S(C)(=O)=O. The molecule has 1 aromatic heterocycles. The fourth-order valence-electron chi connectivity index (χ4n) is 4.62. The van der Waals surface area contributed by atoms with Gasteiger partial charge in [-0.05, 0) is 74.7 Å².